The van der Waals surface area contributed by atoms with Crippen LogP contribution in [0.15, 0.2) is 35.5 Å². The maximum atomic E-state index is 12.0. The van der Waals surface area contributed by atoms with Gasteiger partial charge in [-0.25, -0.2) is 0 Å². The van der Waals surface area contributed by atoms with Crippen molar-refractivity contribution in [3.63, 3.8) is 0 Å². The molecule has 0 aliphatic heterocycles. The molecule has 0 amide bonds. The van der Waals surface area contributed by atoms with Crippen molar-refractivity contribution in [1.29, 1.82) is 0 Å². The Balaban J connectivity index is 2.40. The fourth-order valence-corrected chi connectivity index (χ4v) is 2.75. The van der Waals surface area contributed by atoms with Gasteiger partial charge < -0.3 is 10.2 Å². The van der Waals surface area contributed by atoms with E-state index >= 15 is 0 Å². The summed E-state index contributed by atoms with van der Waals surface area (Å²) < 4.78 is 0. The molecule has 1 rings (SSSR count). The first-order chi connectivity index (χ1) is 11.5. The molecule has 0 saturated carbocycles. The summed E-state index contributed by atoms with van der Waals surface area (Å²) >= 11 is 0. The number of Topliss-reactive ketones (excluding diaryl/α,β-unsaturated/α-hetero) is 1. The summed E-state index contributed by atoms with van der Waals surface area (Å²) in [6.45, 7) is 2.14. The molecule has 2 N–H and O–H groups in total. The molecule has 1 aliphatic carbocycles. The van der Waals surface area contributed by atoms with E-state index in [4.69, 9.17) is 5.11 Å². The fraction of sp³-hybridized carbons (Fsp3) is 0.600. The molecule has 0 heterocycles. The van der Waals surface area contributed by atoms with Gasteiger partial charge in [0, 0.05) is 18.4 Å². The van der Waals surface area contributed by atoms with E-state index < -0.39 is 5.97 Å². The van der Waals surface area contributed by atoms with Gasteiger partial charge in [-0.1, -0.05) is 50.5 Å². The largest absolute Gasteiger partial charge is 0.481 e. The van der Waals surface area contributed by atoms with Gasteiger partial charge >= 0.3 is 5.97 Å². The van der Waals surface area contributed by atoms with Crippen molar-refractivity contribution in [3.05, 3.63) is 35.5 Å². The van der Waals surface area contributed by atoms with Crippen LogP contribution in [0.1, 0.15) is 71.1 Å². The third-order valence-corrected chi connectivity index (χ3v) is 4.18. The van der Waals surface area contributed by atoms with Crippen LogP contribution < -0.4 is 0 Å². The highest BCUT2D eigenvalue weighted by molar-refractivity contribution is 6.03. The summed E-state index contributed by atoms with van der Waals surface area (Å²) in [6.07, 6.45) is 14.8. The molecule has 24 heavy (non-hydrogen) atoms. The molecule has 0 aromatic heterocycles. The van der Waals surface area contributed by atoms with E-state index in [2.05, 4.69) is 6.92 Å². The summed E-state index contributed by atoms with van der Waals surface area (Å²) in [5, 5.41) is 18.6. The van der Waals surface area contributed by atoms with Gasteiger partial charge in [-0.3, -0.25) is 9.59 Å². The minimum absolute atomic E-state index is 0.130. The molecule has 4 heteroatoms. The minimum atomic E-state index is -0.768. The number of hydrogen-bond donors (Lipinski definition) is 2. The highest BCUT2D eigenvalue weighted by Crippen LogP contribution is 2.26. The van der Waals surface area contributed by atoms with E-state index in [1.807, 2.05) is 24.3 Å². The van der Waals surface area contributed by atoms with Crippen LogP contribution in [0.3, 0.4) is 0 Å². The molecule has 0 aromatic carbocycles. The molecule has 134 valence electrons. The number of rotatable bonds is 12. The van der Waals surface area contributed by atoms with Crippen LogP contribution in [0.25, 0.3) is 0 Å². The highest BCUT2D eigenvalue weighted by Gasteiger charge is 2.19. The quantitative estimate of drug-likeness (QED) is 0.316. The van der Waals surface area contributed by atoms with E-state index in [0.29, 0.717) is 25.7 Å². The van der Waals surface area contributed by atoms with Crippen LogP contribution in [0.2, 0.25) is 0 Å². The zero-order valence-corrected chi connectivity index (χ0v) is 14.7. The number of carboxylic acids is 1. The first-order valence-corrected chi connectivity index (χ1v) is 9.02. The lowest BCUT2D eigenvalue weighted by Crippen LogP contribution is -2.06. The Morgan fingerprint density at radius 2 is 2.08 bits per heavy atom. The number of allylic oxidation sites excluding steroid dienone is 5. The zero-order chi connectivity index (χ0) is 17.8. The molecule has 1 aliphatic rings. The monoisotopic (exact) mass is 334 g/mol. The van der Waals surface area contributed by atoms with Crippen molar-refractivity contribution in [1.82, 2.24) is 0 Å². The molecule has 0 bridgehead atoms. The maximum absolute atomic E-state index is 12.0. The molecule has 4 nitrogen and oxygen atoms in total. The summed E-state index contributed by atoms with van der Waals surface area (Å²) in [4.78, 5) is 22.4. The fourth-order valence-electron chi connectivity index (χ4n) is 2.75. The third-order valence-electron chi connectivity index (χ3n) is 4.18. The second-order valence-electron chi connectivity index (χ2n) is 6.32. The van der Waals surface area contributed by atoms with Crippen LogP contribution in [0, 0.1) is 0 Å². The zero-order valence-electron chi connectivity index (χ0n) is 14.7. The lowest BCUT2D eigenvalue weighted by Gasteiger charge is -2.08. The van der Waals surface area contributed by atoms with Gasteiger partial charge in [-0.2, -0.15) is 0 Å². The number of aliphatic hydroxyl groups excluding tert-OH is 1. The standard InChI is InChI=1S/C20H30O4/c1-2-3-6-10-17(21)13-14-18-16(12-15-19(18)22)9-7-4-5-8-11-20(23)24/h4,7,12,14,17,21H,2-3,5-6,8-11,13,15H2,1H3,(H,23,24)/b7-4-,18-14?/t17-/m0/s1. The first kappa shape index (κ1) is 20.4. The topological polar surface area (TPSA) is 74.6 Å². The number of aliphatic carboxylic acids is 1. The highest BCUT2D eigenvalue weighted by atomic mass is 16.4. The second-order valence-corrected chi connectivity index (χ2v) is 6.32. The number of carbonyl (C=O) groups excluding carboxylic acids is 1. The molecule has 0 spiro atoms. The summed E-state index contributed by atoms with van der Waals surface area (Å²) in [7, 11) is 0. The average Bonchev–Trinajstić information content (AvgIpc) is 2.89. The molecular formula is C20H30O4. The first-order valence-electron chi connectivity index (χ1n) is 9.02. The normalized spacial score (nSPS) is 17.7. The molecule has 0 saturated heterocycles. The van der Waals surface area contributed by atoms with E-state index in [0.717, 1.165) is 43.3 Å². The lowest BCUT2D eigenvalue weighted by atomic mass is 10.0. The number of unbranched alkanes of at least 4 members (excludes halogenated alkanes) is 3. The average molecular weight is 334 g/mol. The van der Waals surface area contributed by atoms with Crippen LogP contribution in [-0.2, 0) is 9.59 Å². The van der Waals surface area contributed by atoms with Gasteiger partial charge in [0.25, 0.3) is 0 Å². The Bertz CT molecular complexity index is 500. The predicted octanol–water partition coefficient (Wildman–Crippen LogP) is 4.34. The van der Waals surface area contributed by atoms with Crippen molar-refractivity contribution in [2.75, 3.05) is 0 Å². The van der Waals surface area contributed by atoms with E-state index in [9.17, 15) is 14.7 Å². The van der Waals surface area contributed by atoms with Crippen LogP contribution in [0.4, 0.5) is 0 Å². The van der Waals surface area contributed by atoms with Crippen molar-refractivity contribution in [3.8, 4) is 0 Å². The molecular weight excluding hydrogens is 304 g/mol. The van der Waals surface area contributed by atoms with E-state index in [-0.39, 0.29) is 18.3 Å². The Hall–Kier alpha value is -1.68. The smallest absolute Gasteiger partial charge is 0.303 e. The van der Waals surface area contributed by atoms with E-state index in [1.54, 1.807) is 0 Å². The summed E-state index contributed by atoms with van der Waals surface area (Å²) in [5.41, 5.74) is 1.77. The van der Waals surface area contributed by atoms with Crippen LogP contribution >= 0.6 is 0 Å². The number of ketones is 1. The summed E-state index contributed by atoms with van der Waals surface area (Å²) in [6, 6.07) is 0. The minimum Gasteiger partial charge on any atom is -0.481 e. The van der Waals surface area contributed by atoms with Gasteiger partial charge in [0.1, 0.15) is 0 Å². The van der Waals surface area contributed by atoms with Gasteiger partial charge in [0.15, 0.2) is 5.78 Å². The van der Waals surface area contributed by atoms with Gasteiger partial charge in [-0.15, -0.1) is 0 Å². The lowest BCUT2D eigenvalue weighted by molar-refractivity contribution is -0.137. The third kappa shape index (κ3) is 8.25. The number of hydrogen-bond acceptors (Lipinski definition) is 3. The predicted molar refractivity (Wildman–Crippen MR) is 95.8 cm³/mol. The molecule has 0 aromatic rings. The van der Waals surface area contributed by atoms with Crippen molar-refractivity contribution in [2.45, 2.75) is 77.2 Å². The molecule has 0 fully saturated rings. The maximum Gasteiger partial charge on any atom is 0.303 e. The Labute approximate surface area is 145 Å². The summed E-state index contributed by atoms with van der Waals surface area (Å²) in [5.74, 6) is -0.639. The number of carboxylic acid groups (broad SMARTS) is 1. The Morgan fingerprint density at radius 1 is 1.29 bits per heavy atom. The van der Waals surface area contributed by atoms with Gasteiger partial charge in [0.2, 0.25) is 0 Å². The Morgan fingerprint density at radius 3 is 2.79 bits per heavy atom. The van der Waals surface area contributed by atoms with E-state index in [1.165, 1.54) is 0 Å². The molecule has 0 unspecified atom stereocenters. The SMILES string of the molecule is CCCCC[C@H](O)CC=C1C(=O)CC=C1C/C=C\CCCC(=O)O. The number of aliphatic hydroxyl groups is 1. The van der Waals surface area contributed by atoms with Gasteiger partial charge in [0.05, 0.1) is 6.10 Å². The molecule has 1 atom stereocenters. The van der Waals surface area contributed by atoms with Crippen molar-refractivity contribution in [2.24, 2.45) is 0 Å². The number of carbonyl (C=O) groups is 2. The van der Waals surface area contributed by atoms with Crippen LogP contribution in [0.5, 0.6) is 0 Å². The molecule has 0 radical (unpaired) electrons. The van der Waals surface area contributed by atoms with Crippen LogP contribution in [-0.4, -0.2) is 28.1 Å². The van der Waals surface area contributed by atoms with Gasteiger partial charge in [-0.05, 0) is 37.7 Å². The van der Waals surface area contributed by atoms with Crippen molar-refractivity contribution < 1.29 is 19.8 Å². The second kappa shape index (κ2) is 11.8. The Kier molecular flexibility index (Phi) is 10.0. The van der Waals surface area contributed by atoms with Crippen molar-refractivity contribution >= 4 is 11.8 Å².